The van der Waals surface area contributed by atoms with E-state index in [2.05, 4.69) is 5.10 Å². The topological polar surface area (TPSA) is 38.1 Å². The molecule has 25 heavy (non-hydrogen) atoms. The fraction of sp³-hybridized carbons (Fsp3) is 0.500. The first kappa shape index (κ1) is 17.6. The van der Waals surface area contributed by atoms with Crippen molar-refractivity contribution in [2.24, 2.45) is 5.92 Å². The first-order valence-electron chi connectivity index (χ1n) is 9.14. The highest BCUT2D eigenvalue weighted by Gasteiger charge is 2.26. The normalized spacial score (nSPS) is 17.7. The standard InChI is InChI=1S/C20H26FN3O/c1-3-24-15(2)19(13-22-24)20(25)23-12-4-5-17(14-23)7-6-16-8-10-18(21)11-9-16/h8-11,13,17H,3-7,12,14H2,1-2H3/t17-/m1/s1. The number of rotatable bonds is 5. The summed E-state index contributed by atoms with van der Waals surface area (Å²) in [5.74, 6) is 0.411. The van der Waals surface area contributed by atoms with E-state index in [1.54, 1.807) is 6.20 Å². The molecule has 0 spiro atoms. The predicted octanol–water partition coefficient (Wildman–Crippen LogP) is 3.84. The van der Waals surface area contributed by atoms with Crippen molar-refractivity contribution in [2.75, 3.05) is 13.1 Å². The van der Waals surface area contributed by atoms with E-state index in [-0.39, 0.29) is 11.7 Å². The molecule has 0 aliphatic carbocycles. The van der Waals surface area contributed by atoms with Crippen molar-refractivity contribution in [3.8, 4) is 0 Å². The lowest BCUT2D eigenvalue weighted by Gasteiger charge is -2.33. The van der Waals surface area contributed by atoms with Crippen LogP contribution in [0.3, 0.4) is 0 Å². The molecule has 2 aromatic rings. The maximum Gasteiger partial charge on any atom is 0.257 e. The number of nitrogens with zero attached hydrogens (tertiary/aromatic N) is 3. The zero-order valence-corrected chi connectivity index (χ0v) is 15.0. The summed E-state index contributed by atoms with van der Waals surface area (Å²) >= 11 is 0. The molecule has 1 amide bonds. The highest BCUT2D eigenvalue weighted by molar-refractivity contribution is 5.95. The number of aryl methyl sites for hydroxylation is 2. The van der Waals surface area contributed by atoms with Crippen LogP contribution in [-0.2, 0) is 13.0 Å². The fourth-order valence-corrected chi connectivity index (χ4v) is 3.65. The smallest absolute Gasteiger partial charge is 0.257 e. The van der Waals surface area contributed by atoms with Crippen molar-refractivity contribution in [3.05, 3.63) is 53.1 Å². The minimum Gasteiger partial charge on any atom is -0.338 e. The van der Waals surface area contributed by atoms with Gasteiger partial charge in [0.05, 0.1) is 11.8 Å². The Morgan fingerprint density at radius 1 is 1.32 bits per heavy atom. The molecule has 0 saturated carbocycles. The molecule has 1 aliphatic heterocycles. The minimum absolute atomic E-state index is 0.101. The van der Waals surface area contributed by atoms with Crippen LogP contribution in [0, 0.1) is 18.7 Å². The van der Waals surface area contributed by atoms with Crippen LogP contribution in [0.1, 0.15) is 47.8 Å². The number of benzene rings is 1. The predicted molar refractivity (Wildman–Crippen MR) is 96.0 cm³/mol. The quantitative estimate of drug-likeness (QED) is 0.827. The average Bonchev–Trinajstić information content (AvgIpc) is 3.01. The molecule has 0 unspecified atom stereocenters. The third-order valence-electron chi connectivity index (χ3n) is 5.19. The Hall–Kier alpha value is -2.17. The van der Waals surface area contributed by atoms with Crippen molar-refractivity contribution in [1.82, 2.24) is 14.7 Å². The van der Waals surface area contributed by atoms with Crippen LogP contribution in [0.5, 0.6) is 0 Å². The number of halogens is 1. The van der Waals surface area contributed by atoms with E-state index in [1.165, 1.54) is 12.1 Å². The van der Waals surface area contributed by atoms with Crippen molar-refractivity contribution < 1.29 is 9.18 Å². The van der Waals surface area contributed by atoms with E-state index in [9.17, 15) is 9.18 Å². The van der Waals surface area contributed by atoms with Gasteiger partial charge in [0.2, 0.25) is 0 Å². The molecule has 2 heterocycles. The summed E-state index contributed by atoms with van der Waals surface area (Å²) in [6, 6.07) is 6.73. The first-order chi connectivity index (χ1) is 12.1. The van der Waals surface area contributed by atoms with Gasteiger partial charge in [-0.1, -0.05) is 12.1 Å². The Labute approximate surface area is 148 Å². The van der Waals surface area contributed by atoms with Gasteiger partial charge in [-0.15, -0.1) is 0 Å². The maximum absolute atomic E-state index is 13.0. The van der Waals surface area contributed by atoms with Crippen LogP contribution < -0.4 is 0 Å². The van der Waals surface area contributed by atoms with Crippen LogP contribution in [0.15, 0.2) is 30.5 Å². The van der Waals surface area contributed by atoms with Crippen LogP contribution in [0.2, 0.25) is 0 Å². The molecule has 4 nitrogen and oxygen atoms in total. The third kappa shape index (κ3) is 4.09. The molecular weight excluding hydrogens is 317 g/mol. The molecule has 1 atom stereocenters. The van der Waals surface area contributed by atoms with Crippen molar-refractivity contribution >= 4 is 5.91 Å². The number of carbonyl (C=O) groups excluding carboxylic acids is 1. The maximum atomic E-state index is 13.0. The Kier molecular flexibility index (Phi) is 5.51. The Balaban J connectivity index is 1.59. The Morgan fingerprint density at radius 2 is 2.08 bits per heavy atom. The molecule has 1 saturated heterocycles. The van der Waals surface area contributed by atoms with Crippen LogP contribution in [-0.4, -0.2) is 33.7 Å². The summed E-state index contributed by atoms with van der Waals surface area (Å²) in [5, 5.41) is 4.29. The van der Waals surface area contributed by atoms with Crippen LogP contribution >= 0.6 is 0 Å². The second-order valence-corrected chi connectivity index (χ2v) is 6.88. The second kappa shape index (κ2) is 7.81. The van der Waals surface area contributed by atoms with E-state index in [0.717, 1.165) is 62.1 Å². The fourth-order valence-electron chi connectivity index (χ4n) is 3.65. The molecule has 1 aromatic heterocycles. The van der Waals surface area contributed by atoms with Crippen molar-refractivity contribution in [2.45, 2.75) is 46.1 Å². The largest absolute Gasteiger partial charge is 0.338 e. The van der Waals surface area contributed by atoms with Gasteiger partial charge in [0, 0.05) is 25.3 Å². The molecule has 0 bridgehead atoms. The summed E-state index contributed by atoms with van der Waals surface area (Å²) in [6.07, 6.45) is 5.85. The molecule has 134 valence electrons. The van der Waals surface area contributed by atoms with Gasteiger partial charge in [-0.2, -0.15) is 5.10 Å². The monoisotopic (exact) mass is 343 g/mol. The van der Waals surface area contributed by atoms with Gasteiger partial charge in [-0.3, -0.25) is 9.48 Å². The lowest BCUT2D eigenvalue weighted by molar-refractivity contribution is 0.0667. The molecule has 0 N–H and O–H groups in total. The molecule has 5 heteroatoms. The highest BCUT2D eigenvalue weighted by atomic mass is 19.1. The Bertz CT molecular complexity index is 723. The van der Waals surface area contributed by atoms with Gasteiger partial charge < -0.3 is 4.90 Å². The Morgan fingerprint density at radius 3 is 2.76 bits per heavy atom. The molecular formula is C20H26FN3O. The highest BCUT2D eigenvalue weighted by Crippen LogP contribution is 2.23. The summed E-state index contributed by atoms with van der Waals surface area (Å²) in [7, 11) is 0. The van der Waals surface area contributed by atoms with Gasteiger partial charge in [0.15, 0.2) is 0 Å². The number of likely N-dealkylation sites (tertiary alicyclic amines) is 1. The molecule has 1 aromatic carbocycles. The second-order valence-electron chi connectivity index (χ2n) is 6.88. The van der Waals surface area contributed by atoms with E-state index in [0.29, 0.717) is 5.92 Å². The van der Waals surface area contributed by atoms with Crippen molar-refractivity contribution in [3.63, 3.8) is 0 Å². The minimum atomic E-state index is -0.193. The van der Waals surface area contributed by atoms with Gasteiger partial charge in [0.25, 0.3) is 5.91 Å². The lowest BCUT2D eigenvalue weighted by atomic mass is 9.91. The molecule has 0 radical (unpaired) electrons. The SMILES string of the molecule is CCn1ncc(C(=O)N2CCC[C@H](CCc3ccc(F)cc3)C2)c1C. The summed E-state index contributed by atoms with van der Waals surface area (Å²) in [5.41, 5.74) is 2.83. The molecule has 1 aliphatic rings. The summed E-state index contributed by atoms with van der Waals surface area (Å²) in [6.45, 7) is 6.39. The third-order valence-corrected chi connectivity index (χ3v) is 5.19. The molecule has 1 fully saturated rings. The van der Waals surface area contributed by atoms with Gasteiger partial charge in [-0.25, -0.2) is 4.39 Å². The summed E-state index contributed by atoms with van der Waals surface area (Å²) in [4.78, 5) is 14.8. The number of carbonyl (C=O) groups is 1. The van der Waals surface area contributed by atoms with E-state index in [4.69, 9.17) is 0 Å². The zero-order chi connectivity index (χ0) is 17.8. The number of aromatic nitrogens is 2. The first-order valence-corrected chi connectivity index (χ1v) is 9.14. The summed E-state index contributed by atoms with van der Waals surface area (Å²) < 4.78 is 14.9. The number of piperidine rings is 1. The number of hydrogen-bond acceptors (Lipinski definition) is 2. The average molecular weight is 343 g/mol. The van der Waals surface area contributed by atoms with E-state index in [1.807, 2.05) is 35.6 Å². The zero-order valence-electron chi connectivity index (χ0n) is 15.0. The number of hydrogen-bond donors (Lipinski definition) is 0. The van der Waals surface area contributed by atoms with Crippen LogP contribution in [0.4, 0.5) is 4.39 Å². The van der Waals surface area contributed by atoms with E-state index >= 15 is 0 Å². The number of amides is 1. The van der Waals surface area contributed by atoms with Crippen molar-refractivity contribution in [1.29, 1.82) is 0 Å². The van der Waals surface area contributed by atoms with Gasteiger partial charge >= 0.3 is 0 Å². The van der Waals surface area contributed by atoms with E-state index < -0.39 is 0 Å². The van der Waals surface area contributed by atoms with Gasteiger partial charge in [0.1, 0.15) is 5.82 Å². The van der Waals surface area contributed by atoms with Crippen LogP contribution in [0.25, 0.3) is 0 Å². The lowest BCUT2D eigenvalue weighted by Crippen LogP contribution is -2.40. The van der Waals surface area contributed by atoms with Gasteiger partial charge in [-0.05, 0) is 63.1 Å². The molecule has 3 rings (SSSR count).